The van der Waals surface area contributed by atoms with Gasteiger partial charge in [0, 0.05) is 7.11 Å². The smallest absolute Gasteiger partial charge is 0.0678 e. The highest BCUT2D eigenvalue weighted by atomic mass is 16.5. The van der Waals surface area contributed by atoms with E-state index in [0.717, 1.165) is 0 Å². The minimum atomic E-state index is 0.333. The monoisotopic (exact) mass is 100 g/mol. The van der Waals surface area contributed by atoms with E-state index in [1.54, 1.807) is 7.11 Å². The molecule has 0 bridgehead atoms. The van der Waals surface area contributed by atoms with Gasteiger partial charge in [0.05, 0.1) is 5.60 Å². The predicted molar refractivity (Wildman–Crippen MR) is 29.3 cm³/mol. The molecule has 1 rings (SSSR count). The first kappa shape index (κ1) is 5.10. The van der Waals surface area contributed by atoms with Crippen molar-refractivity contribution in [2.45, 2.75) is 31.8 Å². The topological polar surface area (TPSA) is 9.23 Å². The molecule has 0 aromatic heterocycles. The lowest BCUT2D eigenvalue weighted by atomic mass is 10.3. The fourth-order valence-corrected chi connectivity index (χ4v) is 0.841. The molecule has 0 atom stereocenters. The van der Waals surface area contributed by atoms with Crippen LogP contribution in [-0.2, 0) is 4.74 Å². The third kappa shape index (κ3) is 0.778. The number of hydrogen-bond donors (Lipinski definition) is 0. The Kier molecular flexibility index (Phi) is 1.08. The Morgan fingerprint density at radius 1 is 1.57 bits per heavy atom. The minimum Gasteiger partial charge on any atom is -0.378 e. The molecule has 1 heteroatoms. The van der Waals surface area contributed by atoms with Crippen molar-refractivity contribution in [1.29, 1.82) is 0 Å². The number of methoxy groups -OCH3 is 1. The summed E-state index contributed by atoms with van der Waals surface area (Å²) in [5.41, 5.74) is 0.333. The maximum atomic E-state index is 5.20. The molecular weight excluding hydrogens is 88.1 g/mol. The Balaban J connectivity index is 2.28. The largest absolute Gasteiger partial charge is 0.378 e. The van der Waals surface area contributed by atoms with Gasteiger partial charge in [0.2, 0.25) is 0 Å². The van der Waals surface area contributed by atoms with E-state index in [0.29, 0.717) is 5.60 Å². The molecule has 0 aromatic carbocycles. The Labute approximate surface area is 44.7 Å². The molecule has 1 aliphatic carbocycles. The van der Waals surface area contributed by atoms with Crippen molar-refractivity contribution in [3.8, 4) is 0 Å². The van der Waals surface area contributed by atoms with E-state index in [-0.39, 0.29) is 0 Å². The molecule has 1 fully saturated rings. The minimum absolute atomic E-state index is 0.333. The molecule has 0 aliphatic heterocycles. The first-order chi connectivity index (χ1) is 3.33. The lowest BCUT2D eigenvalue weighted by Crippen LogP contribution is -2.07. The van der Waals surface area contributed by atoms with Gasteiger partial charge < -0.3 is 4.74 Å². The van der Waals surface area contributed by atoms with E-state index in [1.165, 1.54) is 19.3 Å². The molecule has 1 aliphatic rings. The molecule has 42 valence electrons. The summed E-state index contributed by atoms with van der Waals surface area (Å²) in [4.78, 5) is 0. The molecule has 1 nitrogen and oxygen atoms in total. The predicted octanol–water partition coefficient (Wildman–Crippen LogP) is 1.58. The third-order valence-electron chi connectivity index (χ3n) is 1.89. The van der Waals surface area contributed by atoms with Crippen molar-refractivity contribution >= 4 is 0 Å². The summed E-state index contributed by atoms with van der Waals surface area (Å²) in [5, 5.41) is 0. The van der Waals surface area contributed by atoms with Crippen LogP contribution in [0.2, 0.25) is 0 Å². The summed E-state index contributed by atoms with van der Waals surface area (Å²) < 4.78 is 5.20. The molecule has 0 amide bonds. The van der Waals surface area contributed by atoms with Crippen molar-refractivity contribution in [3.05, 3.63) is 0 Å². The molecule has 0 saturated heterocycles. The van der Waals surface area contributed by atoms with Crippen LogP contribution in [0, 0.1) is 0 Å². The number of ether oxygens (including phenoxy) is 1. The molecule has 7 heavy (non-hydrogen) atoms. The van der Waals surface area contributed by atoms with Gasteiger partial charge in [0.1, 0.15) is 0 Å². The highest BCUT2D eigenvalue weighted by molar-refractivity contribution is 4.93. The van der Waals surface area contributed by atoms with Crippen LogP contribution in [0.3, 0.4) is 0 Å². The van der Waals surface area contributed by atoms with Crippen LogP contribution >= 0.6 is 0 Å². The van der Waals surface area contributed by atoms with E-state index >= 15 is 0 Å². The first-order valence-electron chi connectivity index (χ1n) is 2.88. The van der Waals surface area contributed by atoms with Crippen molar-refractivity contribution < 1.29 is 4.74 Å². The van der Waals surface area contributed by atoms with Crippen LogP contribution in [0.1, 0.15) is 26.2 Å². The van der Waals surface area contributed by atoms with Gasteiger partial charge in [-0.3, -0.25) is 0 Å². The van der Waals surface area contributed by atoms with Crippen LogP contribution in [0.15, 0.2) is 0 Å². The zero-order valence-corrected chi connectivity index (χ0v) is 5.03. The quantitative estimate of drug-likeness (QED) is 0.512. The standard InChI is InChI=1S/C6H12O/c1-3-6(7-2)4-5-6/h3-5H2,1-2H3. The van der Waals surface area contributed by atoms with Gasteiger partial charge in [0.25, 0.3) is 0 Å². The molecule has 0 unspecified atom stereocenters. The summed E-state index contributed by atoms with van der Waals surface area (Å²) in [6, 6.07) is 0. The second kappa shape index (κ2) is 1.48. The van der Waals surface area contributed by atoms with Gasteiger partial charge in [-0.1, -0.05) is 6.92 Å². The highest BCUT2D eigenvalue weighted by Gasteiger charge is 2.40. The van der Waals surface area contributed by atoms with Crippen LogP contribution in [0.5, 0.6) is 0 Å². The van der Waals surface area contributed by atoms with Gasteiger partial charge in [0.15, 0.2) is 0 Å². The maximum Gasteiger partial charge on any atom is 0.0678 e. The second-order valence-corrected chi connectivity index (χ2v) is 2.24. The van der Waals surface area contributed by atoms with E-state index < -0.39 is 0 Å². The van der Waals surface area contributed by atoms with Crippen molar-refractivity contribution in [3.63, 3.8) is 0 Å². The SMILES string of the molecule is CCC1(OC)CC1. The third-order valence-corrected chi connectivity index (χ3v) is 1.89. The summed E-state index contributed by atoms with van der Waals surface area (Å²) in [5.74, 6) is 0. The molecule has 0 heterocycles. The second-order valence-electron chi connectivity index (χ2n) is 2.24. The van der Waals surface area contributed by atoms with Gasteiger partial charge in [-0.15, -0.1) is 0 Å². The lowest BCUT2D eigenvalue weighted by molar-refractivity contribution is 0.0772. The van der Waals surface area contributed by atoms with Crippen LogP contribution < -0.4 is 0 Å². The van der Waals surface area contributed by atoms with E-state index in [9.17, 15) is 0 Å². The maximum absolute atomic E-state index is 5.20. The normalized spacial score (nSPS) is 24.9. The van der Waals surface area contributed by atoms with E-state index in [4.69, 9.17) is 4.74 Å². The van der Waals surface area contributed by atoms with Gasteiger partial charge in [-0.2, -0.15) is 0 Å². The Bertz CT molecular complexity index is 58.6. The molecule has 0 spiro atoms. The fraction of sp³-hybridized carbons (Fsp3) is 1.00. The van der Waals surface area contributed by atoms with Crippen LogP contribution in [-0.4, -0.2) is 12.7 Å². The van der Waals surface area contributed by atoms with Crippen LogP contribution in [0.4, 0.5) is 0 Å². The molecular formula is C6H12O. The van der Waals surface area contributed by atoms with Crippen molar-refractivity contribution in [2.24, 2.45) is 0 Å². The fourth-order valence-electron chi connectivity index (χ4n) is 0.841. The first-order valence-corrected chi connectivity index (χ1v) is 2.88. The van der Waals surface area contributed by atoms with Crippen molar-refractivity contribution in [2.75, 3.05) is 7.11 Å². The number of hydrogen-bond acceptors (Lipinski definition) is 1. The van der Waals surface area contributed by atoms with Gasteiger partial charge in [-0.05, 0) is 19.3 Å². The average molecular weight is 100 g/mol. The van der Waals surface area contributed by atoms with E-state index in [2.05, 4.69) is 6.92 Å². The van der Waals surface area contributed by atoms with Gasteiger partial charge in [-0.25, -0.2) is 0 Å². The highest BCUT2D eigenvalue weighted by Crippen LogP contribution is 2.41. The zero-order chi connectivity index (χ0) is 5.33. The zero-order valence-electron chi connectivity index (χ0n) is 5.03. The van der Waals surface area contributed by atoms with Crippen molar-refractivity contribution in [1.82, 2.24) is 0 Å². The van der Waals surface area contributed by atoms with Gasteiger partial charge >= 0.3 is 0 Å². The summed E-state index contributed by atoms with van der Waals surface area (Å²) in [6.07, 6.45) is 3.74. The molecule has 1 saturated carbocycles. The summed E-state index contributed by atoms with van der Waals surface area (Å²) >= 11 is 0. The molecule has 0 aromatic rings. The summed E-state index contributed by atoms with van der Waals surface area (Å²) in [6.45, 7) is 2.18. The molecule has 0 N–H and O–H groups in total. The van der Waals surface area contributed by atoms with Crippen LogP contribution in [0.25, 0.3) is 0 Å². The number of rotatable bonds is 2. The Hall–Kier alpha value is -0.0400. The molecule has 0 radical (unpaired) electrons. The average Bonchev–Trinajstić information content (AvgIpc) is 2.46. The van der Waals surface area contributed by atoms with E-state index in [1.807, 2.05) is 0 Å². The Morgan fingerprint density at radius 2 is 2.14 bits per heavy atom. The lowest BCUT2D eigenvalue weighted by Gasteiger charge is -2.06. The Morgan fingerprint density at radius 3 is 2.14 bits per heavy atom. The summed E-state index contributed by atoms with van der Waals surface area (Å²) in [7, 11) is 1.80.